The molecule has 35 heavy (non-hydrogen) atoms. The number of ether oxygens (including phenoxy) is 1. The standard InChI is InChI=1S/C26H42N4O5/c1-9-10-11-30(24(33)20(15-21(27)31)29-25(34)35-26(6,7)8)22(23(32)28-16(2)3)19-13-17(4)12-18(5)14-19/h12-14,16,20,22H,9-11,15H2,1-8H3,(H2,27,31)(H,28,32)(H,29,34). The molecule has 0 aromatic heterocycles. The van der Waals surface area contributed by atoms with Crippen molar-refractivity contribution in [1.29, 1.82) is 0 Å². The van der Waals surface area contributed by atoms with Gasteiger partial charge in [0.2, 0.25) is 17.7 Å². The molecular weight excluding hydrogens is 448 g/mol. The van der Waals surface area contributed by atoms with E-state index in [1.807, 2.05) is 52.8 Å². The number of alkyl carbamates (subject to hydrolysis) is 1. The maximum absolute atomic E-state index is 13.8. The first kappa shape index (κ1) is 29.9. The number of nitrogens with one attached hydrogen (secondary N) is 2. The average molecular weight is 491 g/mol. The number of carbonyl (C=O) groups is 4. The monoisotopic (exact) mass is 490 g/mol. The molecule has 2 unspecified atom stereocenters. The van der Waals surface area contributed by atoms with Crippen LogP contribution in [-0.4, -0.2) is 52.9 Å². The van der Waals surface area contributed by atoms with E-state index in [0.717, 1.165) is 17.5 Å². The predicted molar refractivity (Wildman–Crippen MR) is 136 cm³/mol. The molecule has 0 aliphatic carbocycles. The second kappa shape index (κ2) is 13.1. The van der Waals surface area contributed by atoms with Crippen molar-refractivity contribution in [2.75, 3.05) is 6.54 Å². The Labute approximate surface area is 209 Å². The van der Waals surface area contributed by atoms with Crippen LogP contribution in [0.2, 0.25) is 0 Å². The Morgan fingerprint density at radius 3 is 2.06 bits per heavy atom. The summed E-state index contributed by atoms with van der Waals surface area (Å²) in [7, 11) is 0. The number of nitrogens with two attached hydrogens (primary N) is 1. The van der Waals surface area contributed by atoms with Crippen LogP contribution in [0.1, 0.15) is 83.5 Å². The Bertz CT molecular complexity index is 887. The van der Waals surface area contributed by atoms with Gasteiger partial charge in [-0.05, 0) is 60.5 Å². The molecule has 9 nitrogen and oxygen atoms in total. The second-order valence-corrected chi connectivity index (χ2v) is 10.2. The number of nitrogens with zero attached hydrogens (tertiary/aromatic N) is 1. The summed E-state index contributed by atoms with van der Waals surface area (Å²) in [6.45, 7) is 14.8. The van der Waals surface area contributed by atoms with E-state index in [1.165, 1.54) is 4.90 Å². The van der Waals surface area contributed by atoms with Crippen molar-refractivity contribution in [2.24, 2.45) is 5.73 Å². The SMILES string of the molecule is CCCCN(C(=O)C(CC(N)=O)NC(=O)OC(C)(C)C)C(C(=O)NC(C)C)c1cc(C)cc(C)c1. The molecule has 0 radical (unpaired) electrons. The van der Waals surface area contributed by atoms with Gasteiger partial charge in [-0.1, -0.05) is 42.7 Å². The molecule has 0 spiro atoms. The summed E-state index contributed by atoms with van der Waals surface area (Å²) in [5.74, 6) is -1.68. The first-order valence-electron chi connectivity index (χ1n) is 12.1. The lowest BCUT2D eigenvalue weighted by Crippen LogP contribution is -2.54. The number of amides is 4. The molecule has 0 saturated heterocycles. The smallest absolute Gasteiger partial charge is 0.408 e. The van der Waals surface area contributed by atoms with Crippen molar-refractivity contribution in [3.63, 3.8) is 0 Å². The van der Waals surface area contributed by atoms with Gasteiger partial charge < -0.3 is 26.0 Å². The van der Waals surface area contributed by atoms with Crippen molar-refractivity contribution < 1.29 is 23.9 Å². The Kier molecular flexibility index (Phi) is 11.2. The third kappa shape index (κ3) is 10.4. The van der Waals surface area contributed by atoms with Crippen LogP contribution < -0.4 is 16.4 Å². The van der Waals surface area contributed by atoms with Gasteiger partial charge in [0.05, 0.1) is 6.42 Å². The lowest BCUT2D eigenvalue weighted by atomic mass is 9.97. The second-order valence-electron chi connectivity index (χ2n) is 10.2. The summed E-state index contributed by atoms with van der Waals surface area (Å²) in [4.78, 5) is 53.0. The maximum atomic E-state index is 13.8. The fourth-order valence-electron chi connectivity index (χ4n) is 3.75. The molecule has 0 fully saturated rings. The average Bonchev–Trinajstić information content (AvgIpc) is 2.66. The van der Waals surface area contributed by atoms with E-state index in [4.69, 9.17) is 10.5 Å². The number of benzene rings is 1. The molecule has 1 rings (SSSR count). The number of unbranched alkanes of at least 4 members (excludes halogenated alkanes) is 1. The molecule has 1 aromatic rings. The molecule has 0 heterocycles. The minimum atomic E-state index is -1.28. The van der Waals surface area contributed by atoms with Gasteiger partial charge in [-0.3, -0.25) is 14.4 Å². The zero-order valence-electron chi connectivity index (χ0n) is 22.4. The van der Waals surface area contributed by atoms with Crippen LogP contribution in [0.15, 0.2) is 18.2 Å². The molecular formula is C26H42N4O5. The fraction of sp³-hybridized carbons (Fsp3) is 0.615. The van der Waals surface area contributed by atoms with Crippen molar-refractivity contribution in [3.8, 4) is 0 Å². The normalized spacial score (nSPS) is 13.1. The van der Waals surface area contributed by atoms with Crippen LogP contribution in [0, 0.1) is 13.8 Å². The van der Waals surface area contributed by atoms with Gasteiger partial charge in [0.15, 0.2) is 0 Å². The highest BCUT2D eigenvalue weighted by Gasteiger charge is 2.37. The summed E-state index contributed by atoms with van der Waals surface area (Å²) in [5.41, 5.74) is 7.16. The highest BCUT2D eigenvalue weighted by atomic mass is 16.6. The third-order valence-electron chi connectivity index (χ3n) is 4.98. The first-order chi connectivity index (χ1) is 16.1. The van der Waals surface area contributed by atoms with Crippen LogP contribution in [-0.2, 0) is 19.1 Å². The van der Waals surface area contributed by atoms with E-state index in [1.54, 1.807) is 20.8 Å². The maximum Gasteiger partial charge on any atom is 0.408 e. The molecule has 4 N–H and O–H groups in total. The Hall–Kier alpha value is -3.10. The van der Waals surface area contributed by atoms with E-state index in [2.05, 4.69) is 10.6 Å². The fourth-order valence-corrected chi connectivity index (χ4v) is 3.75. The summed E-state index contributed by atoms with van der Waals surface area (Å²) in [6, 6.07) is 3.34. The van der Waals surface area contributed by atoms with Crippen molar-refractivity contribution in [2.45, 2.75) is 98.4 Å². The quantitative estimate of drug-likeness (QED) is 0.438. The molecule has 4 amide bonds. The summed E-state index contributed by atoms with van der Waals surface area (Å²) in [5, 5.41) is 5.39. The molecule has 196 valence electrons. The van der Waals surface area contributed by atoms with Crippen molar-refractivity contribution >= 4 is 23.8 Å². The van der Waals surface area contributed by atoms with Gasteiger partial charge in [0.25, 0.3) is 0 Å². The van der Waals surface area contributed by atoms with Gasteiger partial charge in [-0.15, -0.1) is 0 Å². The highest BCUT2D eigenvalue weighted by molar-refractivity contribution is 5.94. The van der Waals surface area contributed by atoms with E-state index in [9.17, 15) is 19.2 Å². The number of hydrogen-bond donors (Lipinski definition) is 3. The van der Waals surface area contributed by atoms with E-state index >= 15 is 0 Å². The van der Waals surface area contributed by atoms with Gasteiger partial charge in [-0.2, -0.15) is 0 Å². The minimum Gasteiger partial charge on any atom is -0.444 e. The van der Waals surface area contributed by atoms with Crippen molar-refractivity contribution in [1.82, 2.24) is 15.5 Å². The number of hydrogen-bond acceptors (Lipinski definition) is 5. The van der Waals surface area contributed by atoms with Gasteiger partial charge in [0, 0.05) is 12.6 Å². The molecule has 1 aromatic carbocycles. The summed E-state index contributed by atoms with van der Waals surface area (Å²) in [6.07, 6.45) is 0.126. The molecule has 0 aliphatic heterocycles. The Morgan fingerprint density at radius 1 is 1.03 bits per heavy atom. The van der Waals surface area contributed by atoms with Crippen LogP contribution in [0.25, 0.3) is 0 Å². The molecule has 9 heteroatoms. The van der Waals surface area contributed by atoms with Crippen LogP contribution in [0.3, 0.4) is 0 Å². The zero-order valence-corrected chi connectivity index (χ0v) is 22.4. The topological polar surface area (TPSA) is 131 Å². The van der Waals surface area contributed by atoms with Gasteiger partial charge in [0.1, 0.15) is 17.7 Å². The largest absolute Gasteiger partial charge is 0.444 e. The number of aryl methyl sites for hydroxylation is 2. The number of primary amides is 1. The number of rotatable bonds is 11. The van der Waals surface area contributed by atoms with Gasteiger partial charge in [-0.25, -0.2) is 4.79 Å². The molecule has 0 aliphatic rings. The third-order valence-corrected chi connectivity index (χ3v) is 4.98. The van der Waals surface area contributed by atoms with Crippen LogP contribution in [0.4, 0.5) is 4.79 Å². The Balaban J connectivity index is 3.53. The lowest BCUT2D eigenvalue weighted by molar-refractivity contribution is -0.143. The Morgan fingerprint density at radius 2 is 1.60 bits per heavy atom. The lowest BCUT2D eigenvalue weighted by Gasteiger charge is -2.35. The molecule has 0 saturated carbocycles. The zero-order chi connectivity index (χ0) is 26.9. The highest BCUT2D eigenvalue weighted by Crippen LogP contribution is 2.26. The first-order valence-corrected chi connectivity index (χ1v) is 12.1. The number of carbonyl (C=O) groups excluding carboxylic acids is 4. The summed E-state index contributed by atoms with van der Waals surface area (Å²) >= 11 is 0. The molecule has 0 bridgehead atoms. The summed E-state index contributed by atoms with van der Waals surface area (Å²) < 4.78 is 5.29. The van der Waals surface area contributed by atoms with E-state index in [0.29, 0.717) is 12.0 Å². The van der Waals surface area contributed by atoms with Gasteiger partial charge >= 0.3 is 6.09 Å². The van der Waals surface area contributed by atoms with Crippen LogP contribution in [0.5, 0.6) is 0 Å². The predicted octanol–water partition coefficient (Wildman–Crippen LogP) is 3.27. The van der Waals surface area contributed by atoms with Crippen LogP contribution >= 0.6 is 0 Å². The minimum absolute atomic E-state index is 0.152. The van der Waals surface area contributed by atoms with Crippen molar-refractivity contribution in [3.05, 3.63) is 34.9 Å². The molecule has 2 atom stereocenters. The van der Waals surface area contributed by atoms with E-state index in [-0.39, 0.29) is 18.5 Å². The van der Waals surface area contributed by atoms with E-state index < -0.39 is 42.0 Å².